The van der Waals surface area contributed by atoms with Crippen LogP contribution in [0.5, 0.6) is 0 Å². The fourth-order valence-electron chi connectivity index (χ4n) is 2.31. The summed E-state index contributed by atoms with van der Waals surface area (Å²) in [6.07, 6.45) is 0.323. The van der Waals surface area contributed by atoms with Crippen LogP contribution in [0.4, 0.5) is 5.82 Å². The van der Waals surface area contributed by atoms with Crippen molar-refractivity contribution in [1.29, 1.82) is 0 Å². The Labute approximate surface area is 126 Å². The van der Waals surface area contributed by atoms with Crippen molar-refractivity contribution in [2.45, 2.75) is 19.4 Å². The normalized spacial score (nSPS) is 20.4. The molecule has 1 fully saturated rings. The van der Waals surface area contributed by atoms with Crippen molar-refractivity contribution in [3.05, 3.63) is 23.9 Å². The van der Waals surface area contributed by atoms with E-state index in [2.05, 4.69) is 4.98 Å². The van der Waals surface area contributed by atoms with E-state index in [0.29, 0.717) is 26.1 Å². The molecule has 1 aromatic rings. The van der Waals surface area contributed by atoms with E-state index in [1.54, 1.807) is 0 Å². The average molecular weight is 313 g/mol. The fourth-order valence-corrected chi connectivity index (χ4v) is 3.80. The zero-order valence-corrected chi connectivity index (χ0v) is 13.6. The minimum atomic E-state index is -3.19. The standard InChI is InChI=1S/C14H23N3O3S/c1-4-10-21(18,19)17-8-9-20-13(11-17)12-6-5-7-14(15-12)16(2)3/h5-7,13H,4,8-11H2,1-3H3/t13-/m1/s1. The first-order valence-corrected chi connectivity index (χ1v) is 8.78. The largest absolute Gasteiger partial charge is 0.369 e. The Morgan fingerprint density at radius 2 is 2.19 bits per heavy atom. The summed E-state index contributed by atoms with van der Waals surface area (Å²) in [5, 5.41) is 0. The van der Waals surface area contributed by atoms with Crippen LogP contribution < -0.4 is 4.90 Å². The van der Waals surface area contributed by atoms with Crippen LogP contribution in [0, 0.1) is 0 Å². The summed E-state index contributed by atoms with van der Waals surface area (Å²) >= 11 is 0. The molecule has 2 rings (SSSR count). The number of rotatable bonds is 5. The van der Waals surface area contributed by atoms with Crippen LogP contribution in [-0.2, 0) is 14.8 Å². The molecule has 1 aliphatic rings. The summed E-state index contributed by atoms with van der Waals surface area (Å²) in [7, 11) is 0.659. The first-order chi connectivity index (χ1) is 9.94. The van der Waals surface area contributed by atoms with Crippen LogP contribution in [0.2, 0.25) is 0 Å². The Hall–Kier alpha value is -1.18. The van der Waals surface area contributed by atoms with Gasteiger partial charge in [-0.2, -0.15) is 4.31 Å². The number of aromatic nitrogens is 1. The zero-order chi connectivity index (χ0) is 15.5. The molecule has 1 aliphatic heterocycles. The van der Waals surface area contributed by atoms with Crippen molar-refractivity contribution < 1.29 is 13.2 Å². The summed E-state index contributed by atoms with van der Waals surface area (Å²) in [6.45, 7) is 3.04. The molecule has 0 aromatic carbocycles. The number of ether oxygens (including phenoxy) is 1. The monoisotopic (exact) mass is 313 g/mol. The molecule has 1 aromatic heterocycles. The molecular weight excluding hydrogens is 290 g/mol. The van der Waals surface area contributed by atoms with Gasteiger partial charge in [-0.1, -0.05) is 13.0 Å². The second-order valence-corrected chi connectivity index (χ2v) is 7.44. The molecule has 0 unspecified atom stereocenters. The molecule has 1 atom stereocenters. The van der Waals surface area contributed by atoms with Crippen molar-refractivity contribution >= 4 is 15.8 Å². The molecule has 0 radical (unpaired) electrons. The number of hydrogen-bond acceptors (Lipinski definition) is 5. The van der Waals surface area contributed by atoms with Crippen molar-refractivity contribution in [3.8, 4) is 0 Å². The van der Waals surface area contributed by atoms with Gasteiger partial charge in [-0.15, -0.1) is 0 Å². The van der Waals surface area contributed by atoms with Crippen LogP contribution in [-0.4, -0.2) is 57.3 Å². The quantitative estimate of drug-likeness (QED) is 0.819. The maximum atomic E-state index is 12.2. The Kier molecular flexibility index (Phi) is 5.18. The van der Waals surface area contributed by atoms with E-state index >= 15 is 0 Å². The predicted molar refractivity (Wildman–Crippen MR) is 82.9 cm³/mol. The van der Waals surface area contributed by atoms with Crippen molar-refractivity contribution in [2.24, 2.45) is 0 Å². The summed E-state index contributed by atoms with van der Waals surface area (Å²) in [6, 6.07) is 5.71. The highest BCUT2D eigenvalue weighted by Gasteiger charge is 2.30. The van der Waals surface area contributed by atoms with E-state index in [9.17, 15) is 8.42 Å². The third kappa shape index (κ3) is 3.93. The molecule has 6 nitrogen and oxygen atoms in total. The van der Waals surface area contributed by atoms with Crippen LogP contribution in [0.15, 0.2) is 18.2 Å². The fraction of sp³-hybridized carbons (Fsp3) is 0.643. The Morgan fingerprint density at radius 1 is 1.43 bits per heavy atom. The van der Waals surface area contributed by atoms with Gasteiger partial charge < -0.3 is 9.64 Å². The van der Waals surface area contributed by atoms with Gasteiger partial charge >= 0.3 is 0 Å². The molecule has 7 heteroatoms. The second-order valence-electron chi connectivity index (χ2n) is 5.35. The van der Waals surface area contributed by atoms with Gasteiger partial charge in [0.2, 0.25) is 10.0 Å². The molecule has 0 amide bonds. The number of pyridine rings is 1. The Balaban J connectivity index is 2.16. The van der Waals surface area contributed by atoms with E-state index in [0.717, 1.165) is 11.5 Å². The van der Waals surface area contributed by atoms with Crippen LogP contribution >= 0.6 is 0 Å². The summed E-state index contributed by atoms with van der Waals surface area (Å²) in [5.74, 6) is 1.02. The predicted octanol–water partition coefficient (Wildman–Crippen LogP) is 1.26. The van der Waals surface area contributed by atoms with E-state index in [1.807, 2.05) is 44.1 Å². The van der Waals surface area contributed by atoms with Gasteiger partial charge in [-0.25, -0.2) is 13.4 Å². The molecule has 21 heavy (non-hydrogen) atoms. The van der Waals surface area contributed by atoms with Crippen LogP contribution in [0.1, 0.15) is 25.1 Å². The number of nitrogens with zero attached hydrogens (tertiary/aromatic N) is 3. The topological polar surface area (TPSA) is 62.7 Å². The number of sulfonamides is 1. The van der Waals surface area contributed by atoms with E-state index in [-0.39, 0.29) is 11.9 Å². The third-order valence-electron chi connectivity index (χ3n) is 3.43. The lowest BCUT2D eigenvalue weighted by Crippen LogP contribution is -2.43. The molecule has 0 bridgehead atoms. The van der Waals surface area contributed by atoms with Crippen molar-refractivity contribution in [1.82, 2.24) is 9.29 Å². The molecular formula is C14H23N3O3S. The van der Waals surface area contributed by atoms with Crippen LogP contribution in [0.25, 0.3) is 0 Å². The SMILES string of the molecule is CCCS(=O)(=O)N1CCO[C@@H](c2cccc(N(C)C)n2)C1. The number of hydrogen-bond donors (Lipinski definition) is 0. The molecule has 2 heterocycles. The minimum Gasteiger partial charge on any atom is -0.369 e. The van der Waals surface area contributed by atoms with Gasteiger partial charge in [0.15, 0.2) is 0 Å². The lowest BCUT2D eigenvalue weighted by molar-refractivity contribution is -0.00486. The Morgan fingerprint density at radius 3 is 2.86 bits per heavy atom. The molecule has 0 N–H and O–H groups in total. The van der Waals surface area contributed by atoms with Gasteiger partial charge in [0.05, 0.1) is 18.1 Å². The second kappa shape index (κ2) is 6.72. The lowest BCUT2D eigenvalue weighted by Gasteiger charge is -2.32. The maximum absolute atomic E-state index is 12.2. The highest BCUT2D eigenvalue weighted by Crippen LogP contribution is 2.24. The first-order valence-electron chi connectivity index (χ1n) is 7.17. The molecule has 1 saturated heterocycles. The molecule has 0 saturated carbocycles. The number of morpholine rings is 1. The van der Waals surface area contributed by atoms with Gasteiger partial charge in [0.25, 0.3) is 0 Å². The number of anilines is 1. The average Bonchev–Trinajstić information content (AvgIpc) is 2.47. The van der Waals surface area contributed by atoms with Gasteiger partial charge in [-0.05, 0) is 18.6 Å². The first kappa shape index (κ1) is 16.2. The molecule has 118 valence electrons. The smallest absolute Gasteiger partial charge is 0.214 e. The van der Waals surface area contributed by atoms with E-state index in [4.69, 9.17) is 4.74 Å². The third-order valence-corrected chi connectivity index (χ3v) is 5.47. The summed E-state index contributed by atoms with van der Waals surface area (Å²) in [4.78, 5) is 6.45. The highest BCUT2D eigenvalue weighted by molar-refractivity contribution is 7.89. The summed E-state index contributed by atoms with van der Waals surface area (Å²) < 4.78 is 31.6. The van der Waals surface area contributed by atoms with E-state index in [1.165, 1.54) is 4.31 Å². The van der Waals surface area contributed by atoms with Crippen molar-refractivity contribution in [2.75, 3.05) is 44.4 Å². The summed E-state index contributed by atoms with van der Waals surface area (Å²) in [5.41, 5.74) is 0.776. The van der Waals surface area contributed by atoms with Crippen molar-refractivity contribution in [3.63, 3.8) is 0 Å². The van der Waals surface area contributed by atoms with E-state index < -0.39 is 10.0 Å². The molecule has 0 spiro atoms. The maximum Gasteiger partial charge on any atom is 0.214 e. The lowest BCUT2D eigenvalue weighted by atomic mass is 10.2. The minimum absolute atomic E-state index is 0.185. The molecule has 0 aliphatic carbocycles. The van der Waals surface area contributed by atoms with Gasteiger partial charge in [-0.3, -0.25) is 0 Å². The van der Waals surface area contributed by atoms with Crippen LogP contribution in [0.3, 0.4) is 0 Å². The van der Waals surface area contributed by atoms with Gasteiger partial charge in [0, 0.05) is 27.2 Å². The van der Waals surface area contributed by atoms with Gasteiger partial charge in [0.1, 0.15) is 11.9 Å². The Bertz CT molecular complexity index is 575. The highest BCUT2D eigenvalue weighted by atomic mass is 32.2. The zero-order valence-electron chi connectivity index (χ0n) is 12.8.